The number of para-hydroxylation sites is 1. The van der Waals surface area contributed by atoms with Crippen LogP contribution in [-0.2, 0) is 20.7 Å². The van der Waals surface area contributed by atoms with Crippen LogP contribution in [0.1, 0.15) is 34.1 Å². The number of hydrogen-bond donors (Lipinski definition) is 1. The monoisotopic (exact) mass is 433 g/mol. The van der Waals surface area contributed by atoms with Crippen molar-refractivity contribution >= 4 is 34.4 Å². The van der Waals surface area contributed by atoms with E-state index in [9.17, 15) is 14.4 Å². The predicted octanol–water partition coefficient (Wildman–Crippen LogP) is 3.67. The van der Waals surface area contributed by atoms with Gasteiger partial charge in [-0.05, 0) is 44.0 Å². The predicted molar refractivity (Wildman–Crippen MR) is 124 cm³/mol. The van der Waals surface area contributed by atoms with Crippen molar-refractivity contribution in [3.63, 3.8) is 0 Å². The van der Waals surface area contributed by atoms with Gasteiger partial charge in [0.2, 0.25) is 5.91 Å². The van der Waals surface area contributed by atoms with Gasteiger partial charge in [0.1, 0.15) is 0 Å². The van der Waals surface area contributed by atoms with Crippen LogP contribution in [0.4, 0.5) is 5.69 Å². The van der Waals surface area contributed by atoms with Crippen LogP contribution in [0.5, 0.6) is 0 Å². The van der Waals surface area contributed by atoms with Crippen LogP contribution in [0.2, 0.25) is 0 Å². The molecule has 0 saturated carbocycles. The molecule has 7 nitrogen and oxygen atoms in total. The van der Waals surface area contributed by atoms with Crippen molar-refractivity contribution in [3.05, 3.63) is 70.9 Å². The molecule has 0 bridgehead atoms. The third-order valence-electron chi connectivity index (χ3n) is 5.24. The average Bonchev–Trinajstić information content (AvgIpc) is 2.78. The van der Waals surface area contributed by atoms with E-state index in [0.29, 0.717) is 28.6 Å². The Morgan fingerprint density at radius 3 is 2.41 bits per heavy atom. The van der Waals surface area contributed by atoms with Crippen molar-refractivity contribution < 1.29 is 19.1 Å². The van der Waals surface area contributed by atoms with E-state index in [4.69, 9.17) is 4.74 Å². The van der Waals surface area contributed by atoms with Crippen LogP contribution >= 0.6 is 0 Å². The number of ether oxygens (including phenoxy) is 1. The van der Waals surface area contributed by atoms with Crippen LogP contribution in [-0.4, -0.2) is 47.9 Å². The number of benzene rings is 2. The minimum atomic E-state index is -0.582. The third kappa shape index (κ3) is 5.29. The number of esters is 1. The molecule has 0 aliphatic rings. The fraction of sp³-hybridized carbons (Fsp3) is 0.280. The first kappa shape index (κ1) is 22.9. The Hall–Kier alpha value is -3.74. The van der Waals surface area contributed by atoms with Gasteiger partial charge in [-0.3, -0.25) is 14.6 Å². The Morgan fingerprint density at radius 2 is 1.72 bits per heavy atom. The number of rotatable bonds is 7. The Morgan fingerprint density at radius 1 is 1.03 bits per heavy atom. The molecular weight excluding hydrogens is 406 g/mol. The highest BCUT2D eigenvalue weighted by Crippen LogP contribution is 2.24. The van der Waals surface area contributed by atoms with Gasteiger partial charge < -0.3 is 15.0 Å². The highest BCUT2D eigenvalue weighted by molar-refractivity contribution is 6.05. The van der Waals surface area contributed by atoms with E-state index in [1.165, 1.54) is 11.9 Å². The molecule has 7 heteroatoms. The third-order valence-corrected chi connectivity index (χ3v) is 5.24. The number of likely N-dealkylation sites (N-methyl/N-ethyl adjacent to an activating group) is 1. The Kier molecular flexibility index (Phi) is 7.20. The largest absolute Gasteiger partial charge is 0.452 e. The SMILES string of the molecule is CCc1nc2ccccc2c(C(=O)OCC(=O)N(C)CC(=O)Nc2ccc(C)cc2)c1C. The number of anilines is 1. The van der Waals surface area contributed by atoms with Crippen molar-refractivity contribution in [2.75, 3.05) is 25.5 Å². The number of carbonyl (C=O) groups is 3. The Labute approximate surface area is 187 Å². The second-order valence-corrected chi connectivity index (χ2v) is 7.67. The van der Waals surface area contributed by atoms with E-state index in [1.54, 1.807) is 12.1 Å². The Balaban J connectivity index is 1.63. The fourth-order valence-corrected chi connectivity index (χ4v) is 3.42. The zero-order valence-corrected chi connectivity index (χ0v) is 18.8. The maximum atomic E-state index is 12.9. The van der Waals surface area contributed by atoms with Crippen molar-refractivity contribution in [2.45, 2.75) is 27.2 Å². The first-order valence-corrected chi connectivity index (χ1v) is 10.5. The molecule has 0 aliphatic carbocycles. The van der Waals surface area contributed by atoms with Crippen LogP contribution in [0.25, 0.3) is 10.9 Å². The number of nitrogens with one attached hydrogen (secondary N) is 1. The molecule has 32 heavy (non-hydrogen) atoms. The highest BCUT2D eigenvalue weighted by atomic mass is 16.5. The number of amides is 2. The molecule has 0 spiro atoms. The molecule has 3 aromatic rings. The molecule has 2 amide bonds. The minimum absolute atomic E-state index is 0.151. The second kappa shape index (κ2) is 10.0. The van der Waals surface area contributed by atoms with E-state index in [1.807, 2.05) is 57.2 Å². The molecule has 0 atom stereocenters. The number of fused-ring (bicyclic) bond motifs is 1. The minimum Gasteiger partial charge on any atom is -0.452 e. The van der Waals surface area contributed by atoms with Crippen molar-refractivity contribution in [1.29, 1.82) is 0 Å². The number of hydrogen-bond acceptors (Lipinski definition) is 5. The number of nitrogens with zero attached hydrogens (tertiary/aromatic N) is 2. The lowest BCUT2D eigenvalue weighted by Gasteiger charge is -2.18. The van der Waals surface area contributed by atoms with E-state index in [0.717, 1.165) is 16.8 Å². The maximum Gasteiger partial charge on any atom is 0.339 e. The van der Waals surface area contributed by atoms with E-state index < -0.39 is 18.5 Å². The summed E-state index contributed by atoms with van der Waals surface area (Å²) in [5, 5.41) is 3.42. The van der Waals surface area contributed by atoms with Crippen molar-refractivity contribution in [2.24, 2.45) is 0 Å². The standard InChI is InChI=1S/C25H27N3O4/c1-5-20-17(3)24(19-8-6-7-9-21(19)27-20)25(31)32-15-23(30)28(4)14-22(29)26-18-12-10-16(2)11-13-18/h6-13H,5,14-15H2,1-4H3,(H,26,29). The van der Waals surface area contributed by atoms with Gasteiger partial charge in [-0.2, -0.15) is 0 Å². The second-order valence-electron chi connectivity index (χ2n) is 7.67. The van der Waals surface area contributed by atoms with Gasteiger partial charge in [0.05, 0.1) is 17.6 Å². The summed E-state index contributed by atoms with van der Waals surface area (Å²) in [6.07, 6.45) is 0.675. The molecular formula is C25H27N3O4. The topological polar surface area (TPSA) is 88.6 Å². The molecule has 166 valence electrons. The molecule has 0 fully saturated rings. The number of aromatic nitrogens is 1. The fourth-order valence-electron chi connectivity index (χ4n) is 3.42. The zero-order valence-electron chi connectivity index (χ0n) is 18.8. The van der Waals surface area contributed by atoms with Gasteiger partial charge in [-0.25, -0.2) is 4.79 Å². The van der Waals surface area contributed by atoms with Gasteiger partial charge in [-0.15, -0.1) is 0 Å². The van der Waals surface area contributed by atoms with Gasteiger partial charge in [0.25, 0.3) is 5.91 Å². The molecule has 0 saturated heterocycles. The summed E-state index contributed by atoms with van der Waals surface area (Å²) < 4.78 is 5.32. The smallest absolute Gasteiger partial charge is 0.339 e. The molecule has 0 aliphatic heterocycles. The first-order chi connectivity index (χ1) is 15.3. The zero-order chi connectivity index (χ0) is 23.3. The summed E-state index contributed by atoms with van der Waals surface area (Å²) in [5.74, 6) is -1.38. The summed E-state index contributed by atoms with van der Waals surface area (Å²) in [6.45, 7) is 5.16. The number of pyridine rings is 1. The molecule has 1 aromatic heterocycles. The lowest BCUT2D eigenvalue weighted by Crippen LogP contribution is -2.37. The molecule has 0 radical (unpaired) electrons. The quantitative estimate of drug-likeness (QED) is 0.575. The highest BCUT2D eigenvalue weighted by Gasteiger charge is 2.21. The molecule has 2 aromatic carbocycles. The van der Waals surface area contributed by atoms with Crippen LogP contribution in [0.15, 0.2) is 48.5 Å². The van der Waals surface area contributed by atoms with Gasteiger partial charge >= 0.3 is 5.97 Å². The molecule has 0 unspecified atom stereocenters. The van der Waals surface area contributed by atoms with Gasteiger partial charge in [0, 0.05) is 23.8 Å². The first-order valence-electron chi connectivity index (χ1n) is 10.5. The maximum absolute atomic E-state index is 12.9. The lowest BCUT2D eigenvalue weighted by molar-refractivity contribution is -0.136. The molecule has 1 N–H and O–H groups in total. The van der Waals surface area contributed by atoms with E-state index in [2.05, 4.69) is 10.3 Å². The van der Waals surface area contributed by atoms with Crippen LogP contribution < -0.4 is 5.32 Å². The summed E-state index contributed by atoms with van der Waals surface area (Å²) in [5.41, 5.74) is 4.42. The van der Waals surface area contributed by atoms with Crippen molar-refractivity contribution in [3.8, 4) is 0 Å². The van der Waals surface area contributed by atoms with Crippen LogP contribution in [0.3, 0.4) is 0 Å². The number of aryl methyl sites for hydroxylation is 2. The Bertz CT molecular complexity index is 1160. The lowest BCUT2D eigenvalue weighted by atomic mass is 10.0. The van der Waals surface area contributed by atoms with Gasteiger partial charge in [0.15, 0.2) is 6.61 Å². The van der Waals surface area contributed by atoms with Crippen molar-refractivity contribution in [1.82, 2.24) is 9.88 Å². The van der Waals surface area contributed by atoms with E-state index >= 15 is 0 Å². The normalized spacial score (nSPS) is 10.6. The summed E-state index contributed by atoms with van der Waals surface area (Å²) in [7, 11) is 1.49. The summed E-state index contributed by atoms with van der Waals surface area (Å²) in [4.78, 5) is 43.4. The van der Waals surface area contributed by atoms with E-state index in [-0.39, 0.29) is 12.5 Å². The van der Waals surface area contributed by atoms with Crippen LogP contribution in [0, 0.1) is 13.8 Å². The molecule has 1 heterocycles. The summed E-state index contributed by atoms with van der Waals surface area (Å²) >= 11 is 0. The molecule has 3 rings (SSSR count). The average molecular weight is 434 g/mol. The van der Waals surface area contributed by atoms with Gasteiger partial charge in [-0.1, -0.05) is 42.8 Å². The number of carbonyl (C=O) groups excluding carboxylic acids is 3. The summed E-state index contributed by atoms with van der Waals surface area (Å²) in [6, 6.07) is 14.7.